The molecule has 3 rings (SSSR count). The Morgan fingerprint density at radius 3 is 2.79 bits per heavy atom. The number of nitrogens with zero attached hydrogens (tertiary/aromatic N) is 2. The summed E-state index contributed by atoms with van der Waals surface area (Å²) in [5.41, 5.74) is 4.34. The fourth-order valence-electron chi connectivity index (χ4n) is 2.24. The highest BCUT2D eigenvalue weighted by Gasteiger charge is 2.11. The molecule has 96 valence electrons. The maximum atomic E-state index is 6.04. The number of fused-ring (bicyclic) bond motifs is 1. The highest BCUT2D eigenvalue weighted by Crippen LogP contribution is 2.25. The molecular weight excluding hydrogens is 324 g/mol. The number of hydrogen-bond acceptors (Lipinski definition) is 1. The maximum absolute atomic E-state index is 6.04. The molecule has 3 aromatic rings. The SMILES string of the molecule is Cc1cccc(-n2c(CCl)nc3ccc(Br)cc32)c1. The number of aryl methyl sites for hydroxylation is 1. The Morgan fingerprint density at radius 2 is 2.05 bits per heavy atom. The number of imidazole rings is 1. The number of alkyl halides is 1. The standard InChI is InChI=1S/C15H12BrClN2/c1-10-3-2-4-12(7-10)19-14-8-11(16)5-6-13(14)18-15(19)9-17/h2-8H,9H2,1H3. The van der Waals surface area contributed by atoms with Crippen LogP contribution in [-0.4, -0.2) is 9.55 Å². The summed E-state index contributed by atoms with van der Waals surface area (Å²) in [4.78, 5) is 4.59. The van der Waals surface area contributed by atoms with E-state index in [1.807, 2.05) is 18.2 Å². The average Bonchev–Trinajstić information content (AvgIpc) is 2.76. The summed E-state index contributed by atoms with van der Waals surface area (Å²) >= 11 is 9.55. The van der Waals surface area contributed by atoms with Gasteiger partial charge in [-0.3, -0.25) is 4.57 Å². The largest absolute Gasteiger partial charge is 0.295 e. The van der Waals surface area contributed by atoms with E-state index < -0.39 is 0 Å². The fraction of sp³-hybridized carbons (Fsp3) is 0.133. The van der Waals surface area contributed by atoms with Gasteiger partial charge in [0.1, 0.15) is 5.82 Å². The molecule has 0 saturated carbocycles. The normalized spacial score (nSPS) is 11.1. The van der Waals surface area contributed by atoms with Gasteiger partial charge in [-0.1, -0.05) is 28.1 Å². The van der Waals surface area contributed by atoms with Crippen LogP contribution in [0.2, 0.25) is 0 Å². The molecule has 2 aromatic carbocycles. The van der Waals surface area contributed by atoms with Crippen molar-refractivity contribution in [2.24, 2.45) is 0 Å². The number of benzene rings is 2. The third-order valence-corrected chi connectivity index (χ3v) is 3.80. The third kappa shape index (κ3) is 2.28. The van der Waals surface area contributed by atoms with Crippen LogP contribution in [0.25, 0.3) is 16.7 Å². The molecule has 0 amide bonds. The molecule has 0 aliphatic heterocycles. The molecule has 0 N–H and O–H groups in total. The summed E-state index contributed by atoms with van der Waals surface area (Å²) in [5, 5.41) is 0. The summed E-state index contributed by atoms with van der Waals surface area (Å²) in [7, 11) is 0. The number of hydrogen-bond donors (Lipinski definition) is 0. The van der Waals surface area contributed by atoms with Gasteiger partial charge in [0.2, 0.25) is 0 Å². The molecule has 1 aromatic heterocycles. The van der Waals surface area contributed by atoms with Crippen LogP contribution in [0.5, 0.6) is 0 Å². The number of halogens is 2. The topological polar surface area (TPSA) is 17.8 Å². The lowest BCUT2D eigenvalue weighted by Gasteiger charge is -2.08. The Bertz CT molecular complexity index is 749. The summed E-state index contributed by atoms with van der Waals surface area (Å²) in [6, 6.07) is 14.4. The first-order valence-corrected chi connectivity index (χ1v) is 7.31. The van der Waals surface area contributed by atoms with E-state index in [4.69, 9.17) is 11.6 Å². The van der Waals surface area contributed by atoms with Crippen molar-refractivity contribution in [3.8, 4) is 5.69 Å². The predicted octanol–water partition coefficient (Wildman–Crippen LogP) is 4.84. The van der Waals surface area contributed by atoms with E-state index in [1.165, 1.54) is 5.56 Å². The van der Waals surface area contributed by atoms with Crippen LogP contribution in [0, 0.1) is 6.92 Å². The molecule has 0 aliphatic rings. The Balaban J connectivity index is 2.34. The smallest absolute Gasteiger partial charge is 0.129 e. The van der Waals surface area contributed by atoms with Crippen molar-refractivity contribution >= 4 is 38.6 Å². The Labute approximate surface area is 125 Å². The van der Waals surface area contributed by atoms with Gasteiger partial charge in [0, 0.05) is 10.2 Å². The van der Waals surface area contributed by atoms with Crippen molar-refractivity contribution in [3.63, 3.8) is 0 Å². The summed E-state index contributed by atoms with van der Waals surface area (Å²) in [6.07, 6.45) is 0. The minimum Gasteiger partial charge on any atom is -0.295 e. The third-order valence-electron chi connectivity index (χ3n) is 3.07. The van der Waals surface area contributed by atoms with Gasteiger partial charge in [-0.2, -0.15) is 0 Å². The van der Waals surface area contributed by atoms with E-state index >= 15 is 0 Å². The molecule has 0 spiro atoms. The van der Waals surface area contributed by atoms with Crippen molar-refractivity contribution in [2.45, 2.75) is 12.8 Å². The number of rotatable bonds is 2. The molecule has 4 heteroatoms. The van der Waals surface area contributed by atoms with Crippen LogP contribution in [0.15, 0.2) is 46.9 Å². The Morgan fingerprint density at radius 1 is 1.21 bits per heavy atom. The Hall–Kier alpha value is -1.32. The van der Waals surface area contributed by atoms with Crippen molar-refractivity contribution in [3.05, 3.63) is 58.3 Å². The molecular formula is C15H12BrClN2. The minimum atomic E-state index is 0.389. The van der Waals surface area contributed by atoms with Crippen LogP contribution in [0.4, 0.5) is 0 Å². The molecule has 1 heterocycles. The molecule has 19 heavy (non-hydrogen) atoms. The first kappa shape index (κ1) is 12.7. The molecule has 0 saturated heterocycles. The zero-order valence-corrected chi connectivity index (χ0v) is 12.7. The summed E-state index contributed by atoms with van der Waals surface area (Å²) in [5.74, 6) is 1.25. The van der Waals surface area contributed by atoms with Gasteiger partial charge in [0.05, 0.1) is 16.9 Å². The molecule has 0 unspecified atom stereocenters. The van der Waals surface area contributed by atoms with Crippen LogP contribution < -0.4 is 0 Å². The first-order chi connectivity index (χ1) is 9.19. The average molecular weight is 336 g/mol. The molecule has 0 bridgehead atoms. The minimum absolute atomic E-state index is 0.389. The van der Waals surface area contributed by atoms with Crippen LogP contribution in [0.1, 0.15) is 11.4 Å². The van der Waals surface area contributed by atoms with E-state index in [-0.39, 0.29) is 0 Å². The second-order valence-electron chi connectivity index (χ2n) is 4.47. The summed E-state index contributed by atoms with van der Waals surface area (Å²) in [6.45, 7) is 2.08. The van der Waals surface area contributed by atoms with Crippen molar-refractivity contribution in [2.75, 3.05) is 0 Å². The maximum Gasteiger partial charge on any atom is 0.129 e. The van der Waals surface area contributed by atoms with Gasteiger partial charge in [-0.05, 0) is 42.8 Å². The first-order valence-electron chi connectivity index (χ1n) is 5.99. The lowest BCUT2D eigenvalue weighted by molar-refractivity contribution is 0.980. The zero-order chi connectivity index (χ0) is 13.4. The zero-order valence-electron chi connectivity index (χ0n) is 10.4. The van der Waals surface area contributed by atoms with Crippen LogP contribution in [0.3, 0.4) is 0 Å². The van der Waals surface area contributed by atoms with Gasteiger partial charge >= 0.3 is 0 Å². The van der Waals surface area contributed by atoms with Crippen LogP contribution in [-0.2, 0) is 5.88 Å². The van der Waals surface area contributed by atoms with E-state index in [2.05, 4.69) is 56.7 Å². The van der Waals surface area contributed by atoms with Crippen molar-refractivity contribution < 1.29 is 0 Å². The fourth-order valence-corrected chi connectivity index (χ4v) is 2.77. The highest BCUT2D eigenvalue weighted by molar-refractivity contribution is 9.10. The monoisotopic (exact) mass is 334 g/mol. The Kier molecular flexibility index (Phi) is 3.33. The van der Waals surface area contributed by atoms with Gasteiger partial charge in [-0.25, -0.2) is 4.98 Å². The molecule has 0 fully saturated rings. The second-order valence-corrected chi connectivity index (χ2v) is 5.65. The van der Waals surface area contributed by atoms with Crippen molar-refractivity contribution in [1.82, 2.24) is 9.55 Å². The summed E-state index contributed by atoms with van der Waals surface area (Å²) < 4.78 is 3.15. The lowest BCUT2D eigenvalue weighted by atomic mass is 10.2. The van der Waals surface area contributed by atoms with E-state index in [1.54, 1.807) is 0 Å². The van der Waals surface area contributed by atoms with E-state index in [0.717, 1.165) is 27.0 Å². The molecule has 2 nitrogen and oxygen atoms in total. The molecule has 0 radical (unpaired) electrons. The molecule has 0 aliphatic carbocycles. The van der Waals surface area contributed by atoms with E-state index in [9.17, 15) is 0 Å². The van der Waals surface area contributed by atoms with Crippen LogP contribution >= 0.6 is 27.5 Å². The van der Waals surface area contributed by atoms with Gasteiger partial charge in [0.15, 0.2) is 0 Å². The van der Waals surface area contributed by atoms with Gasteiger partial charge in [0.25, 0.3) is 0 Å². The van der Waals surface area contributed by atoms with Gasteiger partial charge < -0.3 is 0 Å². The van der Waals surface area contributed by atoms with Gasteiger partial charge in [-0.15, -0.1) is 11.6 Å². The number of aromatic nitrogens is 2. The quantitative estimate of drug-likeness (QED) is 0.613. The second kappa shape index (κ2) is 4.99. The highest BCUT2D eigenvalue weighted by atomic mass is 79.9. The molecule has 0 atom stereocenters. The lowest BCUT2D eigenvalue weighted by Crippen LogP contribution is -1.99. The predicted molar refractivity (Wildman–Crippen MR) is 83.1 cm³/mol. The van der Waals surface area contributed by atoms with Crippen molar-refractivity contribution in [1.29, 1.82) is 0 Å². The van der Waals surface area contributed by atoms with E-state index in [0.29, 0.717) is 5.88 Å².